The van der Waals surface area contributed by atoms with Crippen molar-refractivity contribution in [2.75, 3.05) is 5.32 Å². The molecule has 0 spiro atoms. The predicted molar refractivity (Wildman–Crippen MR) is 124 cm³/mol. The summed E-state index contributed by atoms with van der Waals surface area (Å²) in [5.74, 6) is -0.133. The number of amides is 1. The van der Waals surface area contributed by atoms with Crippen LogP contribution < -0.4 is 5.32 Å². The maximum Gasteiger partial charge on any atom is 0.256 e. The zero-order valence-electron chi connectivity index (χ0n) is 15.7. The number of benzene rings is 3. The van der Waals surface area contributed by atoms with Crippen LogP contribution in [0.3, 0.4) is 0 Å². The van der Waals surface area contributed by atoms with Gasteiger partial charge in [-0.1, -0.05) is 42.0 Å². The summed E-state index contributed by atoms with van der Waals surface area (Å²) in [6, 6.07) is 23.7. The van der Waals surface area contributed by atoms with Gasteiger partial charge in [0.25, 0.3) is 5.91 Å². The van der Waals surface area contributed by atoms with Crippen LogP contribution in [-0.2, 0) is 0 Å². The van der Waals surface area contributed by atoms with Crippen molar-refractivity contribution in [3.63, 3.8) is 0 Å². The largest absolute Gasteiger partial charge is 0.322 e. The number of aromatic nitrogens is 1. The molecule has 3 nitrogen and oxygen atoms in total. The number of hydrogen-bond acceptors (Lipinski definition) is 2. The minimum absolute atomic E-state index is 0.133. The predicted octanol–water partition coefficient (Wildman–Crippen LogP) is 6.38. The SMILES string of the molecule is Cc1ccc(-c2cc(C(=O)Nc3ccc(I)cc3)c3ccccc3n2)c(C)c1. The van der Waals surface area contributed by atoms with Gasteiger partial charge in [-0.2, -0.15) is 0 Å². The Morgan fingerprint density at radius 3 is 2.43 bits per heavy atom. The first-order chi connectivity index (χ1) is 13.5. The van der Waals surface area contributed by atoms with E-state index >= 15 is 0 Å². The monoisotopic (exact) mass is 478 g/mol. The van der Waals surface area contributed by atoms with Gasteiger partial charge in [0.1, 0.15) is 0 Å². The molecule has 1 heterocycles. The third-order valence-electron chi connectivity index (χ3n) is 4.72. The van der Waals surface area contributed by atoms with Crippen LogP contribution in [0.15, 0.2) is 72.8 Å². The number of pyridine rings is 1. The van der Waals surface area contributed by atoms with Gasteiger partial charge in [-0.3, -0.25) is 4.79 Å². The number of carbonyl (C=O) groups excluding carboxylic acids is 1. The number of hydrogen-bond donors (Lipinski definition) is 1. The molecule has 0 saturated heterocycles. The van der Waals surface area contributed by atoms with E-state index in [-0.39, 0.29) is 5.91 Å². The normalized spacial score (nSPS) is 10.8. The summed E-state index contributed by atoms with van der Waals surface area (Å²) in [6.07, 6.45) is 0. The molecule has 0 radical (unpaired) electrons. The molecule has 1 N–H and O–H groups in total. The second kappa shape index (κ2) is 7.72. The van der Waals surface area contributed by atoms with Crippen LogP contribution in [0.25, 0.3) is 22.2 Å². The van der Waals surface area contributed by atoms with Crippen LogP contribution >= 0.6 is 22.6 Å². The van der Waals surface area contributed by atoms with Crippen LogP contribution in [-0.4, -0.2) is 10.9 Å². The fourth-order valence-electron chi connectivity index (χ4n) is 3.33. The van der Waals surface area contributed by atoms with Gasteiger partial charge in [0.05, 0.1) is 16.8 Å². The van der Waals surface area contributed by atoms with Crippen molar-refractivity contribution in [3.8, 4) is 11.3 Å². The van der Waals surface area contributed by atoms with Crippen LogP contribution in [0.2, 0.25) is 0 Å². The number of anilines is 1. The molecule has 4 aromatic rings. The molecule has 0 bridgehead atoms. The first-order valence-corrected chi connectivity index (χ1v) is 10.1. The van der Waals surface area contributed by atoms with E-state index in [4.69, 9.17) is 4.98 Å². The lowest BCUT2D eigenvalue weighted by Crippen LogP contribution is -2.13. The van der Waals surface area contributed by atoms with E-state index in [0.717, 1.165) is 37.0 Å². The maximum atomic E-state index is 13.1. The van der Waals surface area contributed by atoms with E-state index in [1.165, 1.54) is 5.56 Å². The molecule has 138 valence electrons. The average Bonchev–Trinajstić information content (AvgIpc) is 2.69. The van der Waals surface area contributed by atoms with Gasteiger partial charge in [0.2, 0.25) is 0 Å². The van der Waals surface area contributed by atoms with E-state index in [1.54, 1.807) is 0 Å². The van der Waals surface area contributed by atoms with Crippen molar-refractivity contribution < 1.29 is 4.79 Å². The van der Waals surface area contributed by atoms with Crippen LogP contribution in [0.4, 0.5) is 5.69 Å². The molecule has 4 heteroatoms. The standard InChI is InChI=1S/C24H19IN2O/c1-15-7-12-19(16(2)13-15)23-14-21(20-5-3-4-6-22(20)27-23)24(28)26-18-10-8-17(25)9-11-18/h3-14H,1-2H3,(H,26,28). The van der Waals surface area contributed by atoms with Crippen molar-refractivity contribution in [2.24, 2.45) is 0 Å². The fraction of sp³-hybridized carbons (Fsp3) is 0.0833. The summed E-state index contributed by atoms with van der Waals surface area (Å²) in [4.78, 5) is 17.9. The fourth-order valence-corrected chi connectivity index (χ4v) is 3.69. The Bertz CT molecular complexity index is 1180. The molecule has 0 aliphatic carbocycles. The first-order valence-electron chi connectivity index (χ1n) is 9.05. The summed E-state index contributed by atoms with van der Waals surface area (Å²) in [5.41, 5.74) is 6.42. The Morgan fingerprint density at radius 1 is 0.929 bits per heavy atom. The molecule has 0 unspecified atom stereocenters. The minimum Gasteiger partial charge on any atom is -0.322 e. The summed E-state index contributed by atoms with van der Waals surface area (Å²) in [5, 5.41) is 3.86. The quantitative estimate of drug-likeness (QED) is 0.348. The highest BCUT2D eigenvalue weighted by Crippen LogP contribution is 2.28. The molecule has 0 fully saturated rings. The van der Waals surface area contributed by atoms with Crippen molar-refractivity contribution in [1.29, 1.82) is 0 Å². The highest BCUT2D eigenvalue weighted by Gasteiger charge is 2.15. The van der Waals surface area contributed by atoms with Gasteiger partial charge in [0, 0.05) is 20.2 Å². The lowest BCUT2D eigenvalue weighted by Gasteiger charge is -2.12. The van der Waals surface area contributed by atoms with E-state index in [1.807, 2.05) is 54.6 Å². The van der Waals surface area contributed by atoms with Gasteiger partial charge in [-0.25, -0.2) is 4.98 Å². The number of nitrogens with zero attached hydrogens (tertiary/aromatic N) is 1. The number of para-hydroxylation sites is 1. The lowest BCUT2D eigenvalue weighted by atomic mass is 9.99. The smallest absolute Gasteiger partial charge is 0.256 e. The minimum atomic E-state index is -0.133. The Kier molecular flexibility index (Phi) is 5.13. The van der Waals surface area contributed by atoms with Crippen molar-refractivity contribution >= 4 is 45.1 Å². The van der Waals surface area contributed by atoms with E-state index in [2.05, 4.69) is 60.0 Å². The molecular weight excluding hydrogens is 459 g/mol. The number of rotatable bonds is 3. The van der Waals surface area contributed by atoms with Crippen LogP contribution in [0, 0.1) is 17.4 Å². The molecule has 28 heavy (non-hydrogen) atoms. The van der Waals surface area contributed by atoms with E-state index in [0.29, 0.717) is 5.56 Å². The van der Waals surface area contributed by atoms with E-state index < -0.39 is 0 Å². The molecule has 0 aliphatic rings. The van der Waals surface area contributed by atoms with Gasteiger partial charge in [-0.05, 0) is 78.4 Å². The van der Waals surface area contributed by atoms with E-state index in [9.17, 15) is 4.79 Å². The molecule has 1 aromatic heterocycles. The molecule has 0 saturated carbocycles. The maximum absolute atomic E-state index is 13.1. The van der Waals surface area contributed by atoms with Crippen LogP contribution in [0.1, 0.15) is 21.5 Å². The second-order valence-corrected chi connectivity index (χ2v) is 8.10. The van der Waals surface area contributed by atoms with Crippen molar-refractivity contribution in [1.82, 2.24) is 4.98 Å². The van der Waals surface area contributed by atoms with Gasteiger partial charge in [-0.15, -0.1) is 0 Å². The Morgan fingerprint density at radius 2 is 1.68 bits per heavy atom. The number of aryl methyl sites for hydroxylation is 2. The zero-order chi connectivity index (χ0) is 19.7. The first kappa shape index (κ1) is 18.6. The topological polar surface area (TPSA) is 42.0 Å². The number of nitrogens with one attached hydrogen (secondary N) is 1. The number of fused-ring (bicyclic) bond motifs is 1. The molecule has 3 aromatic carbocycles. The number of halogens is 1. The molecule has 0 aliphatic heterocycles. The van der Waals surface area contributed by atoms with Gasteiger partial charge in [0.15, 0.2) is 0 Å². The third kappa shape index (κ3) is 3.78. The third-order valence-corrected chi connectivity index (χ3v) is 5.44. The van der Waals surface area contributed by atoms with Crippen molar-refractivity contribution in [3.05, 3.63) is 93.1 Å². The highest BCUT2D eigenvalue weighted by molar-refractivity contribution is 14.1. The lowest BCUT2D eigenvalue weighted by molar-refractivity contribution is 0.102. The van der Waals surface area contributed by atoms with Gasteiger partial charge < -0.3 is 5.32 Å². The second-order valence-electron chi connectivity index (χ2n) is 6.85. The van der Waals surface area contributed by atoms with Crippen LogP contribution in [0.5, 0.6) is 0 Å². The average molecular weight is 478 g/mol. The molecule has 1 amide bonds. The zero-order valence-corrected chi connectivity index (χ0v) is 17.8. The molecular formula is C24H19IN2O. The summed E-state index contributed by atoms with van der Waals surface area (Å²) in [7, 11) is 0. The molecule has 4 rings (SSSR count). The highest BCUT2D eigenvalue weighted by atomic mass is 127. The Labute approximate surface area is 178 Å². The number of carbonyl (C=O) groups is 1. The summed E-state index contributed by atoms with van der Waals surface area (Å²) >= 11 is 2.25. The van der Waals surface area contributed by atoms with Gasteiger partial charge >= 0.3 is 0 Å². The Hall–Kier alpha value is -2.73. The molecule has 0 atom stereocenters. The Balaban J connectivity index is 1.82. The summed E-state index contributed by atoms with van der Waals surface area (Å²) < 4.78 is 1.13. The summed E-state index contributed by atoms with van der Waals surface area (Å²) in [6.45, 7) is 4.15. The van der Waals surface area contributed by atoms with Crippen molar-refractivity contribution in [2.45, 2.75) is 13.8 Å².